The monoisotopic (exact) mass is 399 g/mol. The Bertz CT molecular complexity index is 445. The Morgan fingerprint density at radius 2 is 2.00 bits per heavy atom. The summed E-state index contributed by atoms with van der Waals surface area (Å²) in [6, 6.07) is 14.3. The van der Waals surface area contributed by atoms with E-state index in [1.54, 1.807) is 6.07 Å². The summed E-state index contributed by atoms with van der Waals surface area (Å²) in [5, 5.41) is 0. The third kappa shape index (κ3) is 3.42. The van der Waals surface area contributed by atoms with Gasteiger partial charge in [0.05, 0.1) is 0 Å². The van der Waals surface area contributed by atoms with Crippen LogP contribution in [0.1, 0.15) is 5.56 Å². The molecular formula is C13H9BIrNO-. The van der Waals surface area contributed by atoms with Gasteiger partial charge in [0, 0.05) is 20.1 Å². The quantitative estimate of drug-likeness (QED) is 0.585. The van der Waals surface area contributed by atoms with Crippen molar-refractivity contribution in [2.75, 3.05) is 0 Å². The molecule has 0 aliphatic carbocycles. The van der Waals surface area contributed by atoms with Crippen molar-refractivity contribution in [1.82, 2.24) is 4.98 Å². The summed E-state index contributed by atoms with van der Waals surface area (Å²) >= 11 is 0. The Morgan fingerprint density at radius 1 is 1.24 bits per heavy atom. The van der Waals surface area contributed by atoms with Crippen molar-refractivity contribution in [2.45, 2.75) is 6.42 Å². The van der Waals surface area contributed by atoms with Crippen molar-refractivity contribution in [3.8, 4) is 17.1 Å². The molecule has 0 saturated heterocycles. The number of nitrogens with zero attached hydrogens (tertiary/aromatic N) is 1. The fourth-order valence-corrected chi connectivity index (χ4v) is 1.42. The van der Waals surface area contributed by atoms with Gasteiger partial charge in [0.25, 0.3) is 0 Å². The van der Waals surface area contributed by atoms with Crippen LogP contribution >= 0.6 is 0 Å². The van der Waals surface area contributed by atoms with Crippen LogP contribution in [-0.4, -0.2) is 13.0 Å². The molecule has 0 aliphatic heterocycles. The standard InChI is InChI=1S/C13H9BNO.Ir/c1-2-10-5-3-6-11(9-10)12-7-4-8-13(15-12)16-14;/h1,3-8H,2H2;/q-1;. The minimum absolute atomic E-state index is 0. The molecular weight excluding hydrogens is 389 g/mol. The van der Waals surface area contributed by atoms with E-state index in [1.807, 2.05) is 30.3 Å². The van der Waals surface area contributed by atoms with E-state index in [2.05, 4.69) is 15.7 Å². The van der Waals surface area contributed by atoms with Gasteiger partial charge in [0.2, 0.25) is 0 Å². The molecule has 2 rings (SSSR count). The normalized spacial score (nSPS) is 9.47. The van der Waals surface area contributed by atoms with Gasteiger partial charge in [-0.3, -0.25) is 4.98 Å². The summed E-state index contributed by atoms with van der Waals surface area (Å²) in [6.45, 7) is 5.56. The summed E-state index contributed by atoms with van der Waals surface area (Å²) in [6.07, 6.45) is 0.459. The van der Waals surface area contributed by atoms with Crippen molar-refractivity contribution in [1.29, 1.82) is 0 Å². The molecule has 0 amide bonds. The average Bonchev–Trinajstić information content (AvgIpc) is 2.39. The maximum Gasteiger partial charge on any atom is 0.376 e. The zero-order valence-electron chi connectivity index (χ0n) is 9.01. The number of aromatic nitrogens is 1. The Kier molecular flexibility index (Phi) is 5.40. The topological polar surface area (TPSA) is 22.1 Å². The van der Waals surface area contributed by atoms with Crippen LogP contribution in [0.25, 0.3) is 11.3 Å². The van der Waals surface area contributed by atoms with E-state index in [9.17, 15) is 0 Å². The fourth-order valence-electron chi connectivity index (χ4n) is 1.42. The molecule has 0 aliphatic rings. The predicted octanol–water partition coefficient (Wildman–Crippen LogP) is 2.26. The number of hydrogen-bond donors (Lipinski definition) is 0. The SMILES string of the molecule is [B]Oc1cccc(-c2[c-]c(C[CH])ccc2)n1.[Ir]. The molecule has 2 aromatic rings. The van der Waals surface area contributed by atoms with Gasteiger partial charge in [-0.2, -0.15) is 0 Å². The summed E-state index contributed by atoms with van der Waals surface area (Å²) < 4.78 is 4.58. The summed E-state index contributed by atoms with van der Waals surface area (Å²) in [4.78, 5) is 4.22. The second-order valence-electron chi connectivity index (χ2n) is 3.27. The Labute approximate surface area is 116 Å². The largest absolute Gasteiger partial charge is 0.555 e. The Hall–Kier alpha value is -1.12. The van der Waals surface area contributed by atoms with E-state index in [0.29, 0.717) is 12.3 Å². The maximum atomic E-state index is 5.56. The summed E-state index contributed by atoms with van der Waals surface area (Å²) in [5.41, 5.74) is 2.58. The van der Waals surface area contributed by atoms with Crippen molar-refractivity contribution < 1.29 is 24.8 Å². The molecule has 0 unspecified atom stereocenters. The molecule has 0 atom stereocenters. The minimum Gasteiger partial charge on any atom is -0.555 e. The number of hydrogen-bond acceptors (Lipinski definition) is 2. The zero-order chi connectivity index (χ0) is 11.4. The fraction of sp³-hybridized carbons (Fsp3) is 0.0769. The third-order valence-corrected chi connectivity index (χ3v) is 2.20. The van der Waals surface area contributed by atoms with E-state index >= 15 is 0 Å². The zero-order valence-corrected chi connectivity index (χ0v) is 11.4. The molecule has 17 heavy (non-hydrogen) atoms. The molecule has 0 spiro atoms. The molecule has 0 fully saturated rings. The van der Waals surface area contributed by atoms with Crippen LogP contribution in [0.5, 0.6) is 5.88 Å². The predicted molar refractivity (Wildman–Crippen MR) is 62.9 cm³/mol. The van der Waals surface area contributed by atoms with Crippen molar-refractivity contribution in [2.24, 2.45) is 0 Å². The van der Waals surface area contributed by atoms with Crippen molar-refractivity contribution in [3.63, 3.8) is 0 Å². The molecule has 4 heteroatoms. The molecule has 5 radical (unpaired) electrons. The van der Waals surface area contributed by atoms with Gasteiger partial charge >= 0.3 is 8.05 Å². The smallest absolute Gasteiger partial charge is 0.376 e. The molecule has 0 N–H and O–H groups in total. The van der Waals surface area contributed by atoms with E-state index in [4.69, 9.17) is 15.0 Å². The van der Waals surface area contributed by atoms with Crippen LogP contribution in [0, 0.1) is 13.0 Å². The minimum atomic E-state index is 0. The van der Waals surface area contributed by atoms with Gasteiger partial charge < -0.3 is 4.65 Å². The summed E-state index contributed by atoms with van der Waals surface area (Å²) in [5.74, 6) is 0.379. The van der Waals surface area contributed by atoms with E-state index in [1.165, 1.54) is 0 Å². The second kappa shape index (κ2) is 6.58. The van der Waals surface area contributed by atoms with Gasteiger partial charge in [0.1, 0.15) is 0 Å². The first-order chi connectivity index (χ1) is 7.83. The van der Waals surface area contributed by atoms with Gasteiger partial charge in [-0.1, -0.05) is 12.1 Å². The molecule has 85 valence electrons. The van der Waals surface area contributed by atoms with Crippen LogP contribution in [0.2, 0.25) is 0 Å². The van der Waals surface area contributed by atoms with E-state index < -0.39 is 0 Å². The van der Waals surface area contributed by atoms with Crippen LogP contribution in [-0.2, 0) is 26.5 Å². The first kappa shape index (κ1) is 13.9. The Morgan fingerprint density at radius 3 is 2.71 bits per heavy atom. The molecule has 1 aromatic heterocycles. The molecule has 1 aromatic carbocycles. The van der Waals surface area contributed by atoms with Crippen LogP contribution in [0.4, 0.5) is 0 Å². The van der Waals surface area contributed by atoms with Gasteiger partial charge in [-0.15, -0.1) is 35.4 Å². The maximum absolute atomic E-state index is 5.56. The van der Waals surface area contributed by atoms with Gasteiger partial charge in [-0.05, 0) is 25.1 Å². The molecule has 2 nitrogen and oxygen atoms in total. The van der Waals surface area contributed by atoms with Crippen LogP contribution in [0.15, 0.2) is 36.4 Å². The summed E-state index contributed by atoms with van der Waals surface area (Å²) in [7, 11) is 5.06. The third-order valence-electron chi connectivity index (χ3n) is 2.20. The number of pyridine rings is 1. The number of benzene rings is 1. The first-order valence-corrected chi connectivity index (χ1v) is 4.89. The van der Waals surface area contributed by atoms with E-state index in [-0.39, 0.29) is 20.1 Å². The average molecular weight is 398 g/mol. The Balaban J connectivity index is 0.00000144. The van der Waals surface area contributed by atoms with Crippen LogP contribution in [0.3, 0.4) is 0 Å². The first-order valence-electron chi connectivity index (χ1n) is 4.89. The van der Waals surface area contributed by atoms with Crippen LogP contribution < -0.4 is 4.65 Å². The van der Waals surface area contributed by atoms with Gasteiger partial charge in [-0.25, -0.2) is 0 Å². The van der Waals surface area contributed by atoms with E-state index in [0.717, 1.165) is 16.8 Å². The number of rotatable bonds is 3. The van der Waals surface area contributed by atoms with Crippen molar-refractivity contribution in [3.05, 3.63) is 55.0 Å². The second-order valence-corrected chi connectivity index (χ2v) is 3.27. The molecule has 0 bridgehead atoms. The van der Waals surface area contributed by atoms with Crippen molar-refractivity contribution >= 4 is 8.05 Å². The molecule has 1 heterocycles. The van der Waals surface area contributed by atoms with Gasteiger partial charge in [0.15, 0.2) is 5.88 Å². The molecule has 0 saturated carbocycles.